The van der Waals surface area contributed by atoms with Crippen LogP contribution in [0.3, 0.4) is 0 Å². The molecule has 0 aliphatic heterocycles. The number of fused-ring (bicyclic) bond motifs is 1. The Bertz CT molecular complexity index is 1270. The molecule has 1 amide bonds. The average molecular weight is 410 g/mol. The van der Waals surface area contributed by atoms with Gasteiger partial charge < -0.3 is 11.1 Å². The molecule has 0 bridgehead atoms. The molecule has 2 aromatic carbocycles. The Morgan fingerprint density at radius 1 is 1.19 bits per heavy atom. The maximum atomic E-state index is 12.7. The first-order valence-electron chi connectivity index (χ1n) is 10.0. The van der Waals surface area contributed by atoms with Gasteiger partial charge in [-0.05, 0) is 36.1 Å². The maximum Gasteiger partial charge on any atom is 0.251 e. The number of nitrogens with zero attached hydrogens (tertiary/aromatic N) is 4. The Labute approximate surface area is 180 Å². The summed E-state index contributed by atoms with van der Waals surface area (Å²) in [6.07, 6.45) is 2.19. The van der Waals surface area contributed by atoms with E-state index in [2.05, 4.69) is 40.5 Å². The number of carbonyl (C=O) groups excluding carboxylic acids is 1. The number of nitriles is 1. The van der Waals surface area contributed by atoms with E-state index in [4.69, 9.17) is 5.73 Å². The van der Waals surface area contributed by atoms with Crippen molar-refractivity contribution in [2.75, 3.05) is 12.3 Å². The fourth-order valence-electron chi connectivity index (χ4n) is 3.63. The van der Waals surface area contributed by atoms with Gasteiger partial charge in [-0.1, -0.05) is 49.4 Å². The molecule has 7 nitrogen and oxygen atoms in total. The number of hydrogen-bond donors (Lipinski definition) is 2. The molecule has 4 aromatic rings. The Kier molecular flexibility index (Phi) is 5.63. The van der Waals surface area contributed by atoms with Crippen molar-refractivity contribution in [3.05, 3.63) is 83.7 Å². The molecule has 0 radical (unpaired) electrons. The molecule has 0 fully saturated rings. The summed E-state index contributed by atoms with van der Waals surface area (Å²) in [6.45, 7) is 2.73. The van der Waals surface area contributed by atoms with Gasteiger partial charge in [-0.15, -0.1) is 0 Å². The molecule has 3 N–H and O–H groups in total. The first-order chi connectivity index (χ1) is 15.1. The largest absolute Gasteiger partial charge is 0.382 e. The lowest BCUT2D eigenvalue weighted by Gasteiger charge is -2.12. The van der Waals surface area contributed by atoms with Crippen molar-refractivity contribution in [1.29, 1.82) is 5.26 Å². The number of nitrogens with two attached hydrogens (primary N) is 1. The van der Waals surface area contributed by atoms with E-state index < -0.39 is 0 Å². The number of amides is 1. The number of benzene rings is 2. The number of carbonyl (C=O) groups is 1. The van der Waals surface area contributed by atoms with Crippen molar-refractivity contribution >= 4 is 17.2 Å². The lowest BCUT2D eigenvalue weighted by Crippen LogP contribution is -2.25. The topological polar surface area (TPSA) is 109 Å². The van der Waals surface area contributed by atoms with Gasteiger partial charge in [-0.2, -0.15) is 10.4 Å². The Morgan fingerprint density at radius 2 is 2.00 bits per heavy atom. The predicted molar refractivity (Wildman–Crippen MR) is 119 cm³/mol. The minimum absolute atomic E-state index is 0.141. The van der Waals surface area contributed by atoms with Crippen LogP contribution in [0.25, 0.3) is 16.8 Å². The summed E-state index contributed by atoms with van der Waals surface area (Å²) < 4.78 is 1.58. The molecule has 1 atom stereocenters. The molecule has 0 spiro atoms. The van der Waals surface area contributed by atoms with E-state index in [1.165, 1.54) is 11.9 Å². The third-order valence-electron chi connectivity index (χ3n) is 5.36. The lowest BCUT2D eigenvalue weighted by molar-refractivity contribution is 0.0952. The highest BCUT2D eigenvalue weighted by molar-refractivity contribution is 5.95. The second kappa shape index (κ2) is 8.67. The van der Waals surface area contributed by atoms with Gasteiger partial charge >= 0.3 is 0 Å². The minimum Gasteiger partial charge on any atom is -0.382 e. The molecule has 0 aliphatic carbocycles. The van der Waals surface area contributed by atoms with E-state index in [0.717, 1.165) is 12.0 Å². The van der Waals surface area contributed by atoms with Crippen molar-refractivity contribution in [2.24, 2.45) is 0 Å². The van der Waals surface area contributed by atoms with Gasteiger partial charge in [0.1, 0.15) is 17.9 Å². The van der Waals surface area contributed by atoms with Crippen molar-refractivity contribution in [3.63, 3.8) is 0 Å². The van der Waals surface area contributed by atoms with E-state index in [-0.39, 0.29) is 11.7 Å². The zero-order chi connectivity index (χ0) is 21.8. The van der Waals surface area contributed by atoms with Crippen LogP contribution in [0, 0.1) is 11.3 Å². The second-order valence-corrected chi connectivity index (χ2v) is 7.40. The van der Waals surface area contributed by atoms with E-state index in [0.29, 0.717) is 34.8 Å². The quantitative estimate of drug-likeness (QED) is 0.503. The third-order valence-corrected chi connectivity index (χ3v) is 5.36. The van der Waals surface area contributed by atoms with Crippen molar-refractivity contribution in [2.45, 2.75) is 19.3 Å². The molecule has 1 unspecified atom stereocenters. The van der Waals surface area contributed by atoms with Gasteiger partial charge in [0, 0.05) is 17.7 Å². The van der Waals surface area contributed by atoms with E-state index in [1.54, 1.807) is 22.7 Å². The zero-order valence-electron chi connectivity index (χ0n) is 17.1. The monoisotopic (exact) mass is 410 g/mol. The average Bonchev–Trinajstić information content (AvgIpc) is 3.20. The number of rotatable bonds is 6. The molecule has 0 saturated heterocycles. The van der Waals surface area contributed by atoms with Crippen LogP contribution in [0.1, 0.15) is 40.7 Å². The number of hydrogen-bond acceptors (Lipinski definition) is 5. The molecule has 7 heteroatoms. The number of anilines is 1. The highest BCUT2D eigenvalue weighted by Gasteiger charge is 2.16. The number of nitrogen functional groups attached to an aromatic ring is 1. The molecule has 2 heterocycles. The molecule has 154 valence electrons. The predicted octanol–water partition coefficient (Wildman–Crippen LogP) is 3.77. The van der Waals surface area contributed by atoms with Gasteiger partial charge in [-0.25, -0.2) is 9.50 Å². The van der Waals surface area contributed by atoms with Crippen LogP contribution in [0.2, 0.25) is 0 Å². The van der Waals surface area contributed by atoms with E-state index in [9.17, 15) is 10.1 Å². The standard InChI is InChI=1S/C24H22N6O/c1-16(17-6-3-2-4-7-17)10-11-27-24(31)19-9-5-8-18(12-19)21-13-20(14-25)22-23(26)28-15-29-30(21)22/h2-9,12-13,15-16H,10-11H2,1H3,(H,27,31)(H2,26,28,29). The maximum absolute atomic E-state index is 12.7. The van der Waals surface area contributed by atoms with Gasteiger partial charge in [0.2, 0.25) is 0 Å². The molecule has 2 aromatic heterocycles. The van der Waals surface area contributed by atoms with Gasteiger partial charge in [0.15, 0.2) is 5.82 Å². The summed E-state index contributed by atoms with van der Waals surface area (Å²) in [4.78, 5) is 16.7. The van der Waals surface area contributed by atoms with Gasteiger partial charge in [0.05, 0.1) is 11.3 Å². The van der Waals surface area contributed by atoms with Crippen molar-refractivity contribution in [3.8, 4) is 17.3 Å². The molecule has 0 aliphatic rings. The summed E-state index contributed by atoms with van der Waals surface area (Å²) in [5.74, 6) is 0.450. The van der Waals surface area contributed by atoms with Crippen LogP contribution in [0.5, 0.6) is 0 Å². The highest BCUT2D eigenvalue weighted by atomic mass is 16.1. The van der Waals surface area contributed by atoms with Crippen LogP contribution in [-0.4, -0.2) is 27.0 Å². The van der Waals surface area contributed by atoms with Crippen LogP contribution in [0.15, 0.2) is 67.0 Å². The third kappa shape index (κ3) is 4.09. The molecule has 0 saturated carbocycles. The molecular formula is C24H22N6O. The minimum atomic E-state index is -0.141. The Morgan fingerprint density at radius 3 is 2.77 bits per heavy atom. The Hall–Kier alpha value is -4.18. The molecule has 31 heavy (non-hydrogen) atoms. The van der Waals surface area contributed by atoms with Gasteiger partial charge in [0.25, 0.3) is 5.91 Å². The van der Waals surface area contributed by atoms with Gasteiger partial charge in [-0.3, -0.25) is 4.79 Å². The van der Waals surface area contributed by atoms with Crippen LogP contribution in [-0.2, 0) is 0 Å². The Balaban J connectivity index is 1.51. The summed E-state index contributed by atoms with van der Waals surface area (Å²) >= 11 is 0. The first-order valence-corrected chi connectivity index (χ1v) is 10.0. The highest BCUT2D eigenvalue weighted by Crippen LogP contribution is 2.28. The first kappa shape index (κ1) is 20.1. The number of nitrogens with one attached hydrogen (secondary N) is 1. The molecular weight excluding hydrogens is 388 g/mol. The van der Waals surface area contributed by atoms with Crippen molar-refractivity contribution in [1.82, 2.24) is 19.9 Å². The fraction of sp³-hybridized carbons (Fsp3) is 0.167. The SMILES string of the molecule is CC(CCNC(=O)c1cccc(-c2cc(C#N)c3c(N)ncnn23)c1)c1ccccc1. The number of aromatic nitrogens is 3. The summed E-state index contributed by atoms with van der Waals surface area (Å²) in [7, 11) is 0. The lowest BCUT2D eigenvalue weighted by atomic mass is 9.98. The molecule has 4 rings (SSSR count). The zero-order valence-corrected chi connectivity index (χ0v) is 17.1. The van der Waals surface area contributed by atoms with E-state index >= 15 is 0 Å². The second-order valence-electron chi connectivity index (χ2n) is 7.40. The smallest absolute Gasteiger partial charge is 0.251 e. The fourth-order valence-corrected chi connectivity index (χ4v) is 3.63. The van der Waals surface area contributed by atoms with Crippen LogP contribution < -0.4 is 11.1 Å². The normalized spacial score (nSPS) is 11.7. The summed E-state index contributed by atoms with van der Waals surface area (Å²) in [5.41, 5.74) is 10.0. The van der Waals surface area contributed by atoms with Crippen molar-refractivity contribution < 1.29 is 4.79 Å². The van der Waals surface area contributed by atoms with Crippen LogP contribution in [0.4, 0.5) is 5.82 Å². The summed E-state index contributed by atoms with van der Waals surface area (Å²) in [5, 5.41) is 16.7. The van der Waals surface area contributed by atoms with E-state index in [1.807, 2.05) is 30.3 Å². The van der Waals surface area contributed by atoms with Crippen LogP contribution >= 0.6 is 0 Å². The summed E-state index contributed by atoms with van der Waals surface area (Å²) in [6, 6.07) is 21.3.